The second-order valence-electron chi connectivity index (χ2n) is 3.86. The normalized spacial score (nSPS) is 10.2. The van der Waals surface area contributed by atoms with Gasteiger partial charge < -0.3 is 4.74 Å². The van der Waals surface area contributed by atoms with Crippen LogP contribution in [-0.2, 0) is 6.61 Å². The topological polar surface area (TPSA) is 33.0 Å². The van der Waals surface area contributed by atoms with E-state index in [0.29, 0.717) is 0 Å². The van der Waals surface area contributed by atoms with Gasteiger partial charge in [0.2, 0.25) is 0 Å². The van der Waals surface area contributed by atoms with Crippen molar-refractivity contribution in [2.24, 2.45) is 0 Å². The molecule has 0 saturated heterocycles. The Labute approximate surface area is 121 Å². The number of ether oxygens (including phenoxy) is 1. The maximum absolute atomic E-state index is 13.7. The van der Waals surface area contributed by atoms with E-state index in [4.69, 9.17) is 10.00 Å². The van der Waals surface area contributed by atoms with Gasteiger partial charge >= 0.3 is 0 Å². The van der Waals surface area contributed by atoms with Crippen molar-refractivity contribution in [2.75, 3.05) is 0 Å². The first-order valence-corrected chi connectivity index (χ1v) is 6.27. The fourth-order valence-corrected chi connectivity index (χ4v) is 1.90. The molecule has 6 heteroatoms. The van der Waals surface area contributed by atoms with E-state index in [0.717, 1.165) is 12.1 Å². The fraction of sp³-hybridized carbons (Fsp3) is 0.0714. The average Bonchev–Trinajstić information content (AvgIpc) is 2.43. The second kappa shape index (κ2) is 5.97. The number of rotatable bonds is 3. The van der Waals surface area contributed by atoms with E-state index >= 15 is 0 Å². The summed E-state index contributed by atoms with van der Waals surface area (Å²) in [7, 11) is 0. The van der Waals surface area contributed by atoms with Crippen molar-refractivity contribution in [3.63, 3.8) is 0 Å². The zero-order valence-corrected chi connectivity index (χ0v) is 11.5. The lowest BCUT2D eigenvalue weighted by Gasteiger charge is -2.09. The molecule has 0 aromatic heterocycles. The number of hydrogen-bond acceptors (Lipinski definition) is 2. The Morgan fingerprint density at radius 1 is 1.10 bits per heavy atom. The molecule has 0 aliphatic heterocycles. The molecule has 0 N–H and O–H groups in total. The number of nitrogens with zero attached hydrogens (tertiary/aromatic N) is 1. The van der Waals surface area contributed by atoms with Crippen LogP contribution in [0, 0.1) is 28.8 Å². The Hall–Kier alpha value is -2.00. The van der Waals surface area contributed by atoms with Crippen molar-refractivity contribution >= 4 is 15.9 Å². The molecule has 2 aromatic carbocycles. The largest absolute Gasteiger partial charge is 0.489 e. The fourth-order valence-electron chi connectivity index (χ4n) is 1.53. The smallest absolute Gasteiger partial charge is 0.146 e. The van der Waals surface area contributed by atoms with Crippen molar-refractivity contribution in [2.45, 2.75) is 6.61 Å². The first kappa shape index (κ1) is 14.4. The zero-order valence-electron chi connectivity index (χ0n) is 9.96. The lowest BCUT2D eigenvalue weighted by atomic mass is 10.2. The summed E-state index contributed by atoms with van der Waals surface area (Å²) < 4.78 is 45.7. The van der Waals surface area contributed by atoms with Gasteiger partial charge in [-0.25, -0.2) is 13.2 Å². The van der Waals surface area contributed by atoms with Gasteiger partial charge in [0.15, 0.2) is 0 Å². The first-order chi connectivity index (χ1) is 9.52. The Kier molecular flexibility index (Phi) is 4.30. The Bertz CT molecular complexity index is 698. The predicted molar refractivity (Wildman–Crippen MR) is 69.5 cm³/mol. The SMILES string of the molecule is N#Cc1ccc(OCc2c(F)ccc(Br)c2F)cc1F. The summed E-state index contributed by atoms with van der Waals surface area (Å²) in [6.07, 6.45) is 0. The Morgan fingerprint density at radius 3 is 2.50 bits per heavy atom. The van der Waals surface area contributed by atoms with E-state index < -0.39 is 17.5 Å². The van der Waals surface area contributed by atoms with Gasteiger partial charge in [0, 0.05) is 6.07 Å². The van der Waals surface area contributed by atoms with E-state index in [-0.39, 0.29) is 28.0 Å². The number of hydrogen-bond donors (Lipinski definition) is 0. The maximum atomic E-state index is 13.7. The molecule has 0 saturated carbocycles. The van der Waals surface area contributed by atoms with Crippen LogP contribution in [0.5, 0.6) is 5.75 Å². The molecule has 2 rings (SSSR count). The highest BCUT2D eigenvalue weighted by atomic mass is 79.9. The molecule has 0 spiro atoms. The van der Waals surface area contributed by atoms with Crippen molar-refractivity contribution in [1.82, 2.24) is 0 Å². The molecule has 0 heterocycles. The summed E-state index contributed by atoms with van der Waals surface area (Å²) in [5.74, 6) is -2.18. The van der Waals surface area contributed by atoms with E-state index in [1.54, 1.807) is 6.07 Å². The highest BCUT2D eigenvalue weighted by molar-refractivity contribution is 9.10. The minimum absolute atomic E-state index is 0.0836. The number of nitriles is 1. The lowest BCUT2D eigenvalue weighted by Crippen LogP contribution is -2.03. The van der Waals surface area contributed by atoms with Gasteiger partial charge in [0.25, 0.3) is 0 Å². The van der Waals surface area contributed by atoms with Crippen molar-refractivity contribution in [3.05, 3.63) is 63.4 Å². The van der Waals surface area contributed by atoms with Gasteiger partial charge in [0.05, 0.1) is 15.6 Å². The molecule has 0 aliphatic rings. The van der Waals surface area contributed by atoms with Gasteiger partial charge in [-0.2, -0.15) is 5.26 Å². The molecule has 20 heavy (non-hydrogen) atoms. The quantitative estimate of drug-likeness (QED) is 0.779. The van der Waals surface area contributed by atoms with Gasteiger partial charge in [-0.1, -0.05) is 0 Å². The number of halogens is 4. The molecular formula is C14H7BrF3NO. The van der Waals surface area contributed by atoms with Gasteiger partial charge in [0.1, 0.15) is 35.9 Å². The molecule has 0 amide bonds. The van der Waals surface area contributed by atoms with Crippen molar-refractivity contribution in [1.29, 1.82) is 5.26 Å². The molecule has 2 aromatic rings. The van der Waals surface area contributed by atoms with Crippen molar-refractivity contribution in [3.8, 4) is 11.8 Å². The summed E-state index contributed by atoms with van der Waals surface area (Å²) in [4.78, 5) is 0. The maximum Gasteiger partial charge on any atom is 0.146 e. The molecule has 0 aliphatic carbocycles. The lowest BCUT2D eigenvalue weighted by molar-refractivity contribution is 0.291. The second-order valence-corrected chi connectivity index (χ2v) is 4.72. The third-order valence-corrected chi connectivity index (χ3v) is 3.20. The van der Waals surface area contributed by atoms with Crippen LogP contribution < -0.4 is 4.74 Å². The first-order valence-electron chi connectivity index (χ1n) is 5.47. The molecule has 0 fully saturated rings. The highest BCUT2D eigenvalue weighted by Gasteiger charge is 2.13. The predicted octanol–water partition coefficient (Wildman–Crippen LogP) is 4.32. The summed E-state index contributed by atoms with van der Waals surface area (Å²) in [5, 5.41) is 8.59. The Balaban J connectivity index is 2.20. The van der Waals surface area contributed by atoms with Gasteiger partial charge in [-0.15, -0.1) is 0 Å². The van der Waals surface area contributed by atoms with Crippen LogP contribution in [0.2, 0.25) is 0 Å². The highest BCUT2D eigenvalue weighted by Crippen LogP contribution is 2.24. The standard InChI is InChI=1S/C14H7BrF3NO/c15-11-3-4-12(16)10(14(11)18)7-20-9-2-1-8(6-19)13(17)5-9/h1-5H,7H2. The monoisotopic (exact) mass is 341 g/mol. The minimum Gasteiger partial charge on any atom is -0.489 e. The third kappa shape index (κ3) is 2.94. The van der Waals surface area contributed by atoms with Gasteiger partial charge in [-0.05, 0) is 40.2 Å². The minimum atomic E-state index is -0.765. The molecule has 0 radical (unpaired) electrons. The zero-order chi connectivity index (χ0) is 14.7. The van der Waals surface area contributed by atoms with Crippen LogP contribution >= 0.6 is 15.9 Å². The van der Waals surface area contributed by atoms with Crippen LogP contribution in [0.15, 0.2) is 34.8 Å². The van der Waals surface area contributed by atoms with Crippen LogP contribution in [0.25, 0.3) is 0 Å². The summed E-state index contributed by atoms with van der Waals surface area (Å²) in [6.45, 7) is -0.386. The summed E-state index contributed by atoms with van der Waals surface area (Å²) in [5.41, 5.74) is -0.388. The number of benzene rings is 2. The molecule has 0 bridgehead atoms. The molecule has 0 unspecified atom stereocenters. The van der Waals surface area contributed by atoms with Crippen LogP contribution in [-0.4, -0.2) is 0 Å². The van der Waals surface area contributed by atoms with E-state index in [9.17, 15) is 13.2 Å². The van der Waals surface area contributed by atoms with Crippen LogP contribution in [0.1, 0.15) is 11.1 Å². The van der Waals surface area contributed by atoms with E-state index in [1.165, 1.54) is 18.2 Å². The third-order valence-electron chi connectivity index (χ3n) is 2.58. The molecular weight excluding hydrogens is 335 g/mol. The van der Waals surface area contributed by atoms with Crippen molar-refractivity contribution < 1.29 is 17.9 Å². The van der Waals surface area contributed by atoms with Crippen LogP contribution in [0.4, 0.5) is 13.2 Å². The summed E-state index contributed by atoms with van der Waals surface area (Å²) >= 11 is 2.94. The molecule has 2 nitrogen and oxygen atoms in total. The van der Waals surface area contributed by atoms with Crippen LogP contribution in [0.3, 0.4) is 0 Å². The van der Waals surface area contributed by atoms with E-state index in [2.05, 4.69) is 15.9 Å². The van der Waals surface area contributed by atoms with Gasteiger partial charge in [-0.3, -0.25) is 0 Å². The Morgan fingerprint density at radius 2 is 1.85 bits per heavy atom. The summed E-state index contributed by atoms with van der Waals surface area (Å²) in [6, 6.07) is 7.60. The van der Waals surface area contributed by atoms with E-state index in [1.807, 2.05) is 0 Å². The average molecular weight is 342 g/mol. The molecule has 0 atom stereocenters. The molecule has 102 valence electrons.